The summed E-state index contributed by atoms with van der Waals surface area (Å²) in [6, 6.07) is 19.8. The summed E-state index contributed by atoms with van der Waals surface area (Å²) in [5.74, 6) is 1.44. The van der Waals surface area contributed by atoms with Crippen LogP contribution in [0.25, 0.3) is 16.9 Å². The summed E-state index contributed by atoms with van der Waals surface area (Å²) in [7, 11) is 1.66. The van der Waals surface area contributed by atoms with E-state index < -0.39 is 0 Å². The van der Waals surface area contributed by atoms with Gasteiger partial charge in [-0.1, -0.05) is 36.4 Å². The molecule has 0 saturated carbocycles. The molecule has 0 N–H and O–H groups in total. The molecule has 2 aromatic carbocycles. The van der Waals surface area contributed by atoms with Gasteiger partial charge in [0, 0.05) is 11.8 Å². The van der Waals surface area contributed by atoms with Crippen LogP contribution in [0.5, 0.6) is 5.75 Å². The van der Waals surface area contributed by atoms with Gasteiger partial charge in [0.25, 0.3) is 0 Å². The Balaban J connectivity index is 1.94. The maximum absolute atomic E-state index is 5.53. The average Bonchev–Trinajstić information content (AvgIpc) is 3.05. The minimum atomic E-state index is 0.682. The number of rotatable bonds is 4. The highest BCUT2D eigenvalue weighted by Gasteiger charge is 2.17. The third-order valence-corrected chi connectivity index (χ3v) is 4.47. The van der Waals surface area contributed by atoms with Gasteiger partial charge in [0.1, 0.15) is 17.1 Å². The van der Waals surface area contributed by atoms with Crippen LogP contribution in [0.3, 0.4) is 0 Å². The van der Waals surface area contributed by atoms with E-state index in [2.05, 4.69) is 10.2 Å². The summed E-state index contributed by atoms with van der Waals surface area (Å²) >= 11 is 0. The number of ether oxygens (including phenoxy) is 1. The zero-order chi connectivity index (χ0) is 18.8. The molecular formula is C22H20N4O. The second-order valence-corrected chi connectivity index (χ2v) is 6.41. The highest BCUT2D eigenvalue weighted by Crippen LogP contribution is 2.37. The largest absolute Gasteiger partial charge is 0.496 e. The van der Waals surface area contributed by atoms with Gasteiger partial charge >= 0.3 is 0 Å². The fourth-order valence-electron chi connectivity index (χ4n) is 3.03. The first-order valence-corrected chi connectivity index (χ1v) is 8.77. The molecule has 0 bridgehead atoms. The van der Waals surface area contributed by atoms with E-state index in [4.69, 9.17) is 9.72 Å². The van der Waals surface area contributed by atoms with Gasteiger partial charge in [0.2, 0.25) is 0 Å². The molecule has 134 valence electrons. The van der Waals surface area contributed by atoms with E-state index in [1.54, 1.807) is 7.11 Å². The smallest absolute Gasteiger partial charge is 0.187 e. The Morgan fingerprint density at radius 2 is 1.67 bits per heavy atom. The van der Waals surface area contributed by atoms with Crippen LogP contribution < -0.4 is 4.74 Å². The van der Waals surface area contributed by atoms with E-state index in [1.165, 1.54) is 0 Å². The maximum Gasteiger partial charge on any atom is 0.187 e. The van der Waals surface area contributed by atoms with Crippen molar-refractivity contribution in [2.75, 3.05) is 7.11 Å². The predicted molar refractivity (Wildman–Crippen MR) is 107 cm³/mol. The Bertz CT molecular complexity index is 1140. The minimum Gasteiger partial charge on any atom is -0.496 e. The van der Waals surface area contributed by atoms with Crippen molar-refractivity contribution in [1.29, 1.82) is 0 Å². The zero-order valence-corrected chi connectivity index (χ0v) is 15.5. The number of azo groups is 1. The van der Waals surface area contributed by atoms with Crippen LogP contribution in [0.2, 0.25) is 0 Å². The molecular weight excluding hydrogens is 336 g/mol. The summed E-state index contributed by atoms with van der Waals surface area (Å²) in [5, 5.41) is 9.08. The van der Waals surface area contributed by atoms with Crippen LogP contribution in [0.15, 0.2) is 77.1 Å². The van der Waals surface area contributed by atoms with Crippen LogP contribution in [0, 0.1) is 13.8 Å². The standard InChI is InChI=1S/C22H20N4O/c1-15-12-13-20-23-21(17-9-5-7-11-19(17)27-3)22(26(20)14-15)25-24-18-10-6-4-8-16(18)2/h4-14H,1-3H3. The van der Waals surface area contributed by atoms with Crippen molar-refractivity contribution in [3.8, 4) is 17.0 Å². The van der Waals surface area contributed by atoms with Crippen molar-refractivity contribution in [3.05, 3.63) is 78.0 Å². The Morgan fingerprint density at radius 3 is 2.48 bits per heavy atom. The maximum atomic E-state index is 5.53. The second kappa shape index (κ2) is 7.03. The fourth-order valence-corrected chi connectivity index (χ4v) is 3.03. The van der Waals surface area contributed by atoms with Crippen molar-refractivity contribution < 1.29 is 4.74 Å². The highest BCUT2D eigenvalue weighted by atomic mass is 16.5. The number of methoxy groups -OCH3 is 1. The predicted octanol–water partition coefficient (Wildman–Crippen LogP) is 6.04. The number of aromatic nitrogens is 2. The quantitative estimate of drug-likeness (QED) is 0.418. The number of nitrogens with zero attached hydrogens (tertiary/aromatic N) is 4. The molecule has 0 unspecified atom stereocenters. The summed E-state index contributed by atoms with van der Waals surface area (Å²) < 4.78 is 7.51. The summed E-state index contributed by atoms with van der Waals surface area (Å²) in [5.41, 5.74) is 5.49. The Kier molecular flexibility index (Phi) is 4.42. The first kappa shape index (κ1) is 17.0. The molecule has 0 aliphatic rings. The van der Waals surface area contributed by atoms with E-state index >= 15 is 0 Å². The molecule has 0 radical (unpaired) electrons. The highest BCUT2D eigenvalue weighted by molar-refractivity contribution is 5.78. The number of aryl methyl sites for hydroxylation is 2. The normalized spacial score (nSPS) is 11.4. The number of para-hydroxylation sites is 1. The molecule has 2 aromatic heterocycles. The summed E-state index contributed by atoms with van der Waals surface area (Å²) in [6.07, 6.45) is 2.02. The average molecular weight is 356 g/mol. The van der Waals surface area contributed by atoms with Crippen molar-refractivity contribution in [2.24, 2.45) is 10.2 Å². The van der Waals surface area contributed by atoms with Crippen LogP contribution in [-0.2, 0) is 0 Å². The van der Waals surface area contributed by atoms with Gasteiger partial charge in [-0.15, -0.1) is 10.2 Å². The number of hydrogen-bond donors (Lipinski definition) is 0. The molecule has 5 heteroatoms. The van der Waals surface area contributed by atoms with E-state index in [0.29, 0.717) is 5.82 Å². The fraction of sp³-hybridized carbons (Fsp3) is 0.136. The first-order chi connectivity index (χ1) is 13.2. The Labute approximate surface area is 158 Å². The lowest BCUT2D eigenvalue weighted by atomic mass is 10.1. The first-order valence-electron chi connectivity index (χ1n) is 8.77. The Hall–Kier alpha value is -3.47. The molecule has 0 amide bonds. The molecule has 5 nitrogen and oxygen atoms in total. The van der Waals surface area contributed by atoms with Gasteiger partial charge in [-0.3, -0.25) is 4.40 Å². The van der Waals surface area contributed by atoms with Gasteiger partial charge in [0.05, 0.1) is 12.8 Å². The lowest BCUT2D eigenvalue weighted by Crippen LogP contribution is -1.88. The molecule has 27 heavy (non-hydrogen) atoms. The van der Waals surface area contributed by atoms with Crippen LogP contribution in [0.4, 0.5) is 11.5 Å². The van der Waals surface area contributed by atoms with E-state index in [-0.39, 0.29) is 0 Å². The van der Waals surface area contributed by atoms with Crippen molar-refractivity contribution in [1.82, 2.24) is 9.38 Å². The second-order valence-electron chi connectivity index (χ2n) is 6.41. The van der Waals surface area contributed by atoms with E-state index in [1.807, 2.05) is 85.1 Å². The molecule has 0 saturated heterocycles. The van der Waals surface area contributed by atoms with Crippen LogP contribution in [0.1, 0.15) is 11.1 Å². The van der Waals surface area contributed by atoms with Crippen LogP contribution in [-0.4, -0.2) is 16.5 Å². The number of hydrogen-bond acceptors (Lipinski definition) is 4. The topological polar surface area (TPSA) is 51.2 Å². The van der Waals surface area contributed by atoms with E-state index in [0.717, 1.165) is 39.5 Å². The molecule has 0 fully saturated rings. The van der Waals surface area contributed by atoms with Crippen LogP contribution >= 0.6 is 0 Å². The van der Waals surface area contributed by atoms with Crippen molar-refractivity contribution in [3.63, 3.8) is 0 Å². The summed E-state index contributed by atoms with van der Waals surface area (Å²) in [4.78, 5) is 4.80. The van der Waals surface area contributed by atoms with Gasteiger partial charge in [-0.05, 0) is 49.2 Å². The van der Waals surface area contributed by atoms with Crippen molar-refractivity contribution in [2.45, 2.75) is 13.8 Å². The van der Waals surface area contributed by atoms with Crippen molar-refractivity contribution >= 4 is 17.2 Å². The van der Waals surface area contributed by atoms with Gasteiger partial charge in [-0.25, -0.2) is 4.98 Å². The third kappa shape index (κ3) is 3.19. The molecule has 4 rings (SSSR count). The molecule has 0 atom stereocenters. The monoisotopic (exact) mass is 356 g/mol. The van der Waals surface area contributed by atoms with Gasteiger partial charge in [0.15, 0.2) is 5.82 Å². The molecule has 0 aliphatic carbocycles. The van der Waals surface area contributed by atoms with E-state index in [9.17, 15) is 0 Å². The number of imidazole rings is 1. The Morgan fingerprint density at radius 1 is 0.889 bits per heavy atom. The SMILES string of the molecule is COc1ccccc1-c1nc2ccc(C)cn2c1N=Nc1ccccc1C. The molecule has 0 spiro atoms. The zero-order valence-electron chi connectivity index (χ0n) is 15.5. The lowest BCUT2D eigenvalue weighted by Gasteiger charge is -2.06. The molecule has 4 aromatic rings. The third-order valence-electron chi connectivity index (χ3n) is 4.47. The molecule has 0 aliphatic heterocycles. The van der Waals surface area contributed by atoms with Gasteiger partial charge in [-0.2, -0.15) is 0 Å². The lowest BCUT2D eigenvalue weighted by molar-refractivity contribution is 0.416. The minimum absolute atomic E-state index is 0.682. The number of pyridine rings is 1. The van der Waals surface area contributed by atoms with Gasteiger partial charge < -0.3 is 4.74 Å². The molecule has 2 heterocycles. The number of benzene rings is 2. The number of fused-ring (bicyclic) bond motifs is 1. The summed E-state index contributed by atoms with van der Waals surface area (Å²) in [6.45, 7) is 4.07.